The van der Waals surface area contributed by atoms with Gasteiger partial charge in [-0.2, -0.15) is 0 Å². The number of fused-ring (bicyclic) bond motifs is 1. The van der Waals surface area contributed by atoms with Crippen LogP contribution in [-0.2, 0) is 9.53 Å². The van der Waals surface area contributed by atoms with E-state index in [2.05, 4.69) is 15.0 Å². The van der Waals surface area contributed by atoms with Crippen molar-refractivity contribution in [2.45, 2.75) is 52.7 Å². The first-order valence-corrected chi connectivity index (χ1v) is 10.6. The highest BCUT2D eigenvalue weighted by molar-refractivity contribution is 5.97. The normalized spacial score (nSPS) is 16.4. The van der Waals surface area contributed by atoms with Crippen LogP contribution in [0.3, 0.4) is 0 Å². The molecule has 1 fully saturated rings. The van der Waals surface area contributed by atoms with Crippen molar-refractivity contribution in [3.05, 3.63) is 36.4 Å². The minimum atomic E-state index is -0.621. The van der Waals surface area contributed by atoms with Gasteiger partial charge < -0.3 is 14.4 Å². The average molecular weight is 438 g/mol. The first-order chi connectivity index (χ1) is 15.1. The quantitative estimate of drug-likeness (QED) is 0.617. The summed E-state index contributed by atoms with van der Waals surface area (Å²) < 4.78 is 13.0. The predicted molar refractivity (Wildman–Crippen MR) is 118 cm³/mol. The van der Waals surface area contributed by atoms with Gasteiger partial charge in [0.1, 0.15) is 17.4 Å². The topological polar surface area (TPSA) is 99.4 Å². The molecule has 1 saturated heterocycles. The van der Waals surface area contributed by atoms with E-state index in [1.807, 2.05) is 33.8 Å². The van der Waals surface area contributed by atoms with Crippen LogP contribution in [0.2, 0.25) is 0 Å². The Morgan fingerprint density at radius 3 is 2.66 bits per heavy atom. The number of carbonyl (C=O) groups excluding carboxylic acids is 2. The molecule has 32 heavy (non-hydrogen) atoms. The molecule has 3 aromatic rings. The number of amides is 1. The van der Waals surface area contributed by atoms with Crippen LogP contribution in [0.5, 0.6) is 5.88 Å². The molecule has 4 heterocycles. The molecule has 3 aromatic heterocycles. The van der Waals surface area contributed by atoms with E-state index in [9.17, 15) is 9.59 Å². The predicted octanol–water partition coefficient (Wildman–Crippen LogP) is 3.58. The fourth-order valence-corrected chi connectivity index (χ4v) is 3.69. The maximum absolute atomic E-state index is 12.7. The van der Waals surface area contributed by atoms with Crippen molar-refractivity contribution in [3.8, 4) is 17.1 Å². The molecule has 0 saturated carbocycles. The molecule has 9 nitrogen and oxygen atoms in total. The highest BCUT2D eigenvalue weighted by atomic mass is 16.6. The Hall–Kier alpha value is -3.49. The summed E-state index contributed by atoms with van der Waals surface area (Å²) in [5.41, 5.74) is 2.53. The van der Waals surface area contributed by atoms with E-state index in [1.54, 1.807) is 36.5 Å². The van der Waals surface area contributed by atoms with Crippen molar-refractivity contribution < 1.29 is 19.1 Å². The van der Waals surface area contributed by atoms with Crippen molar-refractivity contribution >= 4 is 23.0 Å². The summed E-state index contributed by atoms with van der Waals surface area (Å²) in [6.07, 6.45) is 5.14. The van der Waals surface area contributed by atoms with Gasteiger partial charge in [-0.15, -0.1) is 0 Å². The largest absolute Gasteiger partial charge is 0.471 e. The van der Waals surface area contributed by atoms with Gasteiger partial charge in [-0.1, -0.05) is 0 Å². The van der Waals surface area contributed by atoms with Crippen LogP contribution in [0.1, 0.15) is 39.8 Å². The number of ether oxygens (including phenoxy) is 2. The minimum absolute atomic E-state index is 0.0446. The Labute approximate surface area is 186 Å². The summed E-state index contributed by atoms with van der Waals surface area (Å²) in [6.45, 7) is 10.1. The highest BCUT2D eigenvalue weighted by Crippen LogP contribution is 2.30. The minimum Gasteiger partial charge on any atom is -0.471 e. The summed E-state index contributed by atoms with van der Waals surface area (Å²) in [5.74, 6) is 0.483. The number of pyridine rings is 1. The van der Waals surface area contributed by atoms with Crippen LogP contribution in [-0.4, -0.2) is 61.2 Å². The Morgan fingerprint density at radius 2 is 2.00 bits per heavy atom. The van der Waals surface area contributed by atoms with Crippen molar-refractivity contribution in [2.24, 2.45) is 0 Å². The molecule has 1 amide bonds. The van der Waals surface area contributed by atoms with Gasteiger partial charge in [0.15, 0.2) is 0 Å². The molecule has 1 atom stereocenters. The lowest BCUT2D eigenvalue weighted by Gasteiger charge is -2.19. The van der Waals surface area contributed by atoms with Gasteiger partial charge in [0, 0.05) is 37.8 Å². The monoisotopic (exact) mass is 437 g/mol. The van der Waals surface area contributed by atoms with Crippen LogP contribution in [0.4, 0.5) is 4.79 Å². The van der Waals surface area contributed by atoms with Gasteiger partial charge in [0.2, 0.25) is 11.8 Å². The van der Waals surface area contributed by atoms with E-state index in [0.717, 1.165) is 6.42 Å². The third-order valence-electron chi connectivity index (χ3n) is 5.20. The van der Waals surface area contributed by atoms with E-state index < -0.39 is 11.7 Å². The number of hydrogen-bond acceptors (Lipinski definition) is 7. The molecule has 0 radical (unpaired) electrons. The van der Waals surface area contributed by atoms with Crippen LogP contribution in [0, 0.1) is 6.92 Å². The summed E-state index contributed by atoms with van der Waals surface area (Å²) in [7, 11) is 0. The fourth-order valence-electron chi connectivity index (χ4n) is 3.69. The number of carbonyl (C=O) groups is 2. The zero-order valence-corrected chi connectivity index (χ0v) is 19.0. The lowest BCUT2D eigenvalue weighted by Crippen LogP contribution is -2.29. The summed E-state index contributed by atoms with van der Waals surface area (Å²) in [4.78, 5) is 39.6. The first kappa shape index (κ1) is 21.7. The third kappa shape index (κ3) is 4.42. The molecule has 168 valence electrons. The summed E-state index contributed by atoms with van der Waals surface area (Å²) in [5, 5.41) is 0. The molecule has 1 aliphatic rings. The number of likely N-dealkylation sites (tertiary alicyclic amines) is 1. The van der Waals surface area contributed by atoms with E-state index >= 15 is 0 Å². The van der Waals surface area contributed by atoms with Gasteiger partial charge >= 0.3 is 6.09 Å². The van der Waals surface area contributed by atoms with Crippen molar-refractivity contribution in [2.75, 3.05) is 13.1 Å². The van der Waals surface area contributed by atoms with Gasteiger partial charge in [-0.25, -0.2) is 14.8 Å². The van der Waals surface area contributed by atoms with Crippen LogP contribution in [0.25, 0.3) is 22.3 Å². The molecular weight excluding hydrogens is 410 g/mol. The van der Waals surface area contributed by atoms with Gasteiger partial charge in [-0.05, 0) is 39.8 Å². The molecule has 4 rings (SSSR count). The number of hydrogen-bond donors (Lipinski definition) is 0. The molecule has 0 N–H and O–H groups in total. The van der Waals surface area contributed by atoms with Crippen LogP contribution in [0.15, 0.2) is 30.7 Å². The maximum atomic E-state index is 12.7. The molecule has 0 aromatic carbocycles. The van der Waals surface area contributed by atoms with Crippen molar-refractivity contribution in [3.63, 3.8) is 0 Å². The number of rotatable bonds is 3. The lowest BCUT2D eigenvalue weighted by molar-refractivity contribution is -0.128. The van der Waals surface area contributed by atoms with Gasteiger partial charge in [-0.3, -0.25) is 14.3 Å². The van der Waals surface area contributed by atoms with Crippen LogP contribution >= 0.6 is 0 Å². The lowest BCUT2D eigenvalue weighted by atomic mass is 10.2. The van der Waals surface area contributed by atoms with E-state index in [4.69, 9.17) is 9.47 Å². The Balaban J connectivity index is 1.63. The molecule has 0 aliphatic carbocycles. The van der Waals surface area contributed by atoms with E-state index in [0.29, 0.717) is 47.0 Å². The molecule has 1 aliphatic heterocycles. The van der Waals surface area contributed by atoms with E-state index in [-0.39, 0.29) is 12.0 Å². The standard InChI is InChI=1S/C23H27N5O4/c1-14-21(31-16-8-10-27(12-16)15(2)29)25-11-18(26-14)17-13-28(22(30)32-23(3,4)5)19-7-6-9-24-20(17)19/h6-7,9,11,13,16H,8,10,12H2,1-5H3. The second kappa shape index (κ2) is 8.22. The molecule has 0 spiro atoms. The second-order valence-corrected chi connectivity index (χ2v) is 8.90. The smallest absolute Gasteiger partial charge is 0.419 e. The third-order valence-corrected chi connectivity index (χ3v) is 5.20. The number of aromatic nitrogens is 4. The Morgan fingerprint density at radius 1 is 1.22 bits per heavy atom. The fraction of sp³-hybridized carbons (Fsp3) is 0.435. The first-order valence-electron chi connectivity index (χ1n) is 10.6. The maximum Gasteiger partial charge on any atom is 0.419 e. The summed E-state index contributed by atoms with van der Waals surface area (Å²) in [6, 6.07) is 3.58. The van der Waals surface area contributed by atoms with E-state index in [1.165, 1.54) is 4.57 Å². The molecular formula is C23H27N5O4. The number of aryl methyl sites for hydroxylation is 1. The summed E-state index contributed by atoms with van der Waals surface area (Å²) >= 11 is 0. The average Bonchev–Trinajstić information content (AvgIpc) is 3.33. The number of nitrogens with zero attached hydrogens (tertiary/aromatic N) is 5. The highest BCUT2D eigenvalue weighted by Gasteiger charge is 2.27. The van der Waals surface area contributed by atoms with Crippen molar-refractivity contribution in [1.82, 2.24) is 24.4 Å². The Bertz CT molecular complexity index is 1180. The van der Waals surface area contributed by atoms with Gasteiger partial charge in [0.05, 0.1) is 29.5 Å². The zero-order chi connectivity index (χ0) is 23.0. The van der Waals surface area contributed by atoms with Crippen molar-refractivity contribution in [1.29, 1.82) is 0 Å². The molecule has 9 heteroatoms. The Kier molecular flexibility index (Phi) is 5.58. The van der Waals surface area contributed by atoms with Crippen LogP contribution < -0.4 is 4.74 Å². The van der Waals surface area contributed by atoms with Gasteiger partial charge in [0.25, 0.3) is 0 Å². The molecule has 1 unspecified atom stereocenters. The SMILES string of the molecule is CC(=O)N1CCC(Oc2ncc(-c3cn(C(=O)OC(C)(C)C)c4cccnc34)nc2C)C1. The molecule has 0 bridgehead atoms. The second-order valence-electron chi connectivity index (χ2n) is 8.90. The zero-order valence-electron chi connectivity index (χ0n) is 19.0.